The van der Waals surface area contributed by atoms with Gasteiger partial charge in [0.2, 0.25) is 11.8 Å². The predicted molar refractivity (Wildman–Crippen MR) is 85.2 cm³/mol. The van der Waals surface area contributed by atoms with Crippen molar-refractivity contribution in [1.82, 2.24) is 10.2 Å². The number of nitrogens with zero attached hydrogens (tertiary/aromatic N) is 1. The number of carbonyl (C=O) groups excluding carboxylic acids is 2. The molecule has 0 aliphatic carbocycles. The Bertz CT molecular complexity index is 540. The van der Waals surface area contributed by atoms with E-state index in [1.165, 1.54) is 4.90 Å². The fourth-order valence-corrected chi connectivity index (χ4v) is 3.22. The summed E-state index contributed by atoms with van der Waals surface area (Å²) >= 11 is 1.69. The summed E-state index contributed by atoms with van der Waals surface area (Å²) in [5.41, 5.74) is -1.63. The molecule has 1 aromatic rings. The standard InChI is InChI=1S/C16H22N2O2S/c1-15(2)14(20)18(16(3,4)13(19)17-15)10-11-21-12-8-6-5-7-9-12/h5-9H,10-11H2,1-4H3,(H,17,19). The van der Waals surface area contributed by atoms with Crippen LogP contribution in [0.15, 0.2) is 35.2 Å². The Balaban J connectivity index is 2.05. The van der Waals surface area contributed by atoms with Gasteiger partial charge in [0.25, 0.3) is 0 Å². The highest BCUT2D eigenvalue weighted by Gasteiger charge is 2.49. The topological polar surface area (TPSA) is 49.4 Å². The smallest absolute Gasteiger partial charge is 0.248 e. The van der Waals surface area contributed by atoms with Crippen LogP contribution in [-0.4, -0.2) is 40.1 Å². The molecule has 1 saturated heterocycles. The van der Waals surface area contributed by atoms with Crippen molar-refractivity contribution in [3.05, 3.63) is 30.3 Å². The Morgan fingerprint density at radius 2 is 1.71 bits per heavy atom. The van der Waals surface area contributed by atoms with Gasteiger partial charge in [-0.3, -0.25) is 9.59 Å². The van der Waals surface area contributed by atoms with E-state index in [0.29, 0.717) is 6.54 Å². The fourth-order valence-electron chi connectivity index (χ4n) is 2.36. The number of rotatable bonds is 4. The zero-order chi connectivity index (χ0) is 15.7. The predicted octanol–water partition coefficient (Wildman–Crippen LogP) is 2.29. The summed E-state index contributed by atoms with van der Waals surface area (Å²) in [6.45, 7) is 7.65. The second-order valence-corrected chi connectivity index (χ2v) is 7.42. The highest BCUT2D eigenvalue weighted by molar-refractivity contribution is 7.99. The zero-order valence-corrected chi connectivity index (χ0v) is 13.8. The molecule has 1 fully saturated rings. The van der Waals surface area contributed by atoms with Gasteiger partial charge in [-0.15, -0.1) is 11.8 Å². The van der Waals surface area contributed by atoms with Gasteiger partial charge in [0, 0.05) is 17.2 Å². The van der Waals surface area contributed by atoms with E-state index in [-0.39, 0.29) is 11.8 Å². The number of thioether (sulfide) groups is 1. The van der Waals surface area contributed by atoms with Crippen LogP contribution in [0.4, 0.5) is 0 Å². The molecule has 4 nitrogen and oxygen atoms in total. The van der Waals surface area contributed by atoms with Crippen LogP contribution >= 0.6 is 11.8 Å². The van der Waals surface area contributed by atoms with Gasteiger partial charge in [-0.25, -0.2) is 0 Å². The van der Waals surface area contributed by atoms with E-state index < -0.39 is 11.1 Å². The van der Waals surface area contributed by atoms with Gasteiger partial charge in [0.1, 0.15) is 11.1 Å². The van der Waals surface area contributed by atoms with E-state index in [0.717, 1.165) is 5.75 Å². The second kappa shape index (κ2) is 5.72. The molecule has 0 atom stereocenters. The number of hydrogen-bond acceptors (Lipinski definition) is 3. The Labute approximate surface area is 130 Å². The first-order valence-electron chi connectivity index (χ1n) is 7.08. The molecule has 1 N–H and O–H groups in total. The molecule has 1 aliphatic rings. The molecule has 0 bridgehead atoms. The normalized spacial score (nSPS) is 20.3. The number of nitrogens with one attached hydrogen (secondary N) is 1. The minimum atomic E-state index is -0.829. The first kappa shape index (κ1) is 15.9. The monoisotopic (exact) mass is 306 g/mol. The molecular weight excluding hydrogens is 284 g/mol. The third-order valence-corrected chi connectivity index (χ3v) is 4.76. The summed E-state index contributed by atoms with van der Waals surface area (Å²) in [5, 5.41) is 2.80. The van der Waals surface area contributed by atoms with Gasteiger partial charge in [-0.1, -0.05) is 18.2 Å². The summed E-state index contributed by atoms with van der Waals surface area (Å²) in [7, 11) is 0. The van der Waals surface area contributed by atoms with E-state index in [4.69, 9.17) is 0 Å². The van der Waals surface area contributed by atoms with Crippen LogP contribution in [-0.2, 0) is 9.59 Å². The average molecular weight is 306 g/mol. The lowest BCUT2D eigenvalue weighted by Crippen LogP contribution is -2.72. The third kappa shape index (κ3) is 3.23. The van der Waals surface area contributed by atoms with E-state index in [1.807, 2.05) is 30.3 Å². The summed E-state index contributed by atoms with van der Waals surface area (Å²) in [6.07, 6.45) is 0. The van der Waals surface area contributed by atoms with Gasteiger partial charge in [0.05, 0.1) is 0 Å². The quantitative estimate of drug-likeness (QED) is 0.868. The second-order valence-electron chi connectivity index (χ2n) is 6.26. The minimum absolute atomic E-state index is 0.0271. The lowest BCUT2D eigenvalue weighted by Gasteiger charge is -2.47. The Hall–Kier alpha value is -1.49. The number of hydrogen-bond donors (Lipinski definition) is 1. The van der Waals surface area contributed by atoms with E-state index in [9.17, 15) is 9.59 Å². The van der Waals surface area contributed by atoms with Crippen LogP contribution in [0.5, 0.6) is 0 Å². The highest BCUT2D eigenvalue weighted by atomic mass is 32.2. The van der Waals surface area contributed by atoms with Crippen LogP contribution in [0.25, 0.3) is 0 Å². The van der Waals surface area contributed by atoms with Gasteiger partial charge in [0.15, 0.2) is 0 Å². The molecule has 114 valence electrons. The van der Waals surface area contributed by atoms with Crippen LogP contribution in [0, 0.1) is 0 Å². The van der Waals surface area contributed by atoms with E-state index >= 15 is 0 Å². The van der Waals surface area contributed by atoms with Gasteiger partial charge >= 0.3 is 0 Å². The number of benzene rings is 1. The average Bonchev–Trinajstić information content (AvgIpc) is 2.42. The molecule has 2 rings (SSSR count). The summed E-state index contributed by atoms with van der Waals surface area (Å²) in [6, 6.07) is 10.1. The molecule has 0 aromatic heterocycles. The molecule has 1 aromatic carbocycles. The first-order chi connectivity index (χ1) is 9.75. The molecule has 21 heavy (non-hydrogen) atoms. The molecule has 0 saturated carbocycles. The van der Waals surface area contributed by atoms with Crippen molar-refractivity contribution in [2.75, 3.05) is 12.3 Å². The summed E-state index contributed by atoms with van der Waals surface area (Å²) in [5.74, 6) is 0.639. The van der Waals surface area contributed by atoms with Gasteiger partial charge < -0.3 is 10.2 Å². The maximum Gasteiger partial charge on any atom is 0.248 e. The maximum absolute atomic E-state index is 12.6. The van der Waals surface area contributed by atoms with Crippen molar-refractivity contribution in [2.24, 2.45) is 0 Å². The molecule has 1 aliphatic heterocycles. The lowest BCUT2D eigenvalue weighted by molar-refractivity contribution is -0.159. The minimum Gasteiger partial charge on any atom is -0.340 e. The number of carbonyl (C=O) groups is 2. The van der Waals surface area contributed by atoms with Crippen molar-refractivity contribution < 1.29 is 9.59 Å². The summed E-state index contributed by atoms with van der Waals surface area (Å²) in [4.78, 5) is 27.6. The Morgan fingerprint density at radius 1 is 1.10 bits per heavy atom. The fraction of sp³-hybridized carbons (Fsp3) is 0.500. The number of piperazine rings is 1. The van der Waals surface area contributed by atoms with E-state index in [2.05, 4.69) is 5.32 Å². The van der Waals surface area contributed by atoms with Crippen LogP contribution in [0.3, 0.4) is 0 Å². The molecule has 5 heteroatoms. The molecule has 2 amide bonds. The first-order valence-corrected chi connectivity index (χ1v) is 8.06. The van der Waals surface area contributed by atoms with Crippen molar-refractivity contribution >= 4 is 23.6 Å². The van der Waals surface area contributed by atoms with Crippen molar-refractivity contribution in [2.45, 2.75) is 43.7 Å². The van der Waals surface area contributed by atoms with Crippen molar-refractivity contribution in [3.8, 4) is 0 Å². The molecule has 1 heterocycles. The zero-order valence-electron chi connectivity index (χ0n) is 13.0. The molecule has 0 radical (unpaired) electrons. The van der Waals surface area contributed by atoms with Crippen LogP contribution < -0.4 is 5.32 Å². The number of amides is 2. The SMILES string of the molecule is CC1(C)NC(=O)C(C)(C)N(CCSc2ccccc2)C1=O. The third-order valence-electron chi connectivity index (χ3n) is 3.76. The molecular formula is C16H22N2O2S. The Morgan fingerprint density at radius 3 is 2.33 bits per heavy atom. The van der Waals surface area contributed by atoms with Crippen molar-refractivity contribution in [1.29, 1.82) is 0 Å². The molecule has 0 spiro atoms. The van der Waals surface area contributed by atoms with Gasteiger partial charge in [-0.05, 0) is 39.8 Å². The highest BCUT2D eigenvalue weighted by Crippen LogP contribution is 2.27. The maximum atomic E-state index is 12.6. The van der Waals surface area contributed by atoms with E-state index in [1.54, 1.807) is 44.4 Å². The van der Waals surface area contributed by atoms with Crippen LogP contribution in [0.2, 0.25) is 0 Å². The Kier molecular flexibility index (Phi) is 4.33. The van der Waals surface area contributed by atoms with Gasteiger partial charge in [-0.2, -0.15) is 0 Å². The summed E-state index contributed by atoms with van der Waals surface area (Å²) < 4.78 is 0. The molecule has 0 unspecified atom stereocenters. The van der Waals surface area contributed by atoms with Crippen molar-refractivity contribution in [3.63, 3.8) is 0 Å². The van der Waals surface area contributed by atoms with Crippen LogP contribution in [0.1, 0.15) is 27.7 Å². The lowest BCUT2D eigenvalue weighted by atomic mass is 9.90. The largest absolute Gasteiger partial charge is 0.340 e.